The van der Waals surface area contributed by atoms with E-state index in [1.165, 1.54) is 6.07 Å². The zero-order valence-electron chi connectivity index (χ0n) is 12.1. The zero-order chi connectivity index (χ0) is 15.4. The van der Waals surface area contributed by atoms with Gasteiger partial charge in [0.05, 0.1) is 4.47 Å². The zero-order valence-corrected chi connectivity index (χ0v) is 13.7. The number of likely N-dealkylation sites (N-methyl/N-ethyl adjacent to an activating group) is 1. The summed E-state index contributed by atoms with van der Waals surface area (Å²) in [7, 11) is 0. The lowest BCUT2D eigenvalue weighted by Crippen LogP contribution is -2.24. The summed E-state index contributed by atoms with van der Waals surface area (Å²) < 4.78 is 28.0. The molecule has 0 spiro atoms. The van der Waals surface area contributed by atoms with E-state index in [4.69, 9.17) is 0 Å². The first-order valence-corrected chi connectivity index (χ1v) is 7.74. The smallest absolute Gasteiger partial charge is 0.137 e. The van der Waals surface area contributed by atoms with Gasteiger partial charge in [0.2, 0.25) is 0 Å². The van der Waals surface area contributed by atoms with Crippen LogP contribution in [0.2, 0.25) is 0 Å². The molecule has 0 aliphatic carbocycles. The molecule has 112 valence electrons. The molecule has 2 aromatic carbocycles. The minimum Gasteiger partial charge on any atom is -0.310 e. The molecular weight excluding hydrogens is 336 g/mol. The van der Waals surface area contributed by atoms with Gasteiger partial charge in [-0.15, -0.1) is 0 Å². The Bertz CT molecular complexity index is 628. The number of benzene rings is 2. The second-order valence-electron chi connectivity index (χ2n) is 5.04. The monoisotopic (exact) mass is 353 g/mol. The van der Waals surface area contributed by atoms with Crippen molar-refractivity contribution >= 4 is 15.9 Å². The van der Waals surface area contributed by atoms with Gasteiger partial charge >= 0.3 is 0 Å². The third kappa shape index (κ3) is 3.89. The van der Waals surface area contributed by atoms with Crippen LogP contribution in [-0.2, 0) is 6.42 Å². The molecule has 21 heavy (non-hydrogen) atoms. The molecule has 0 amide bonds. The van der Waals surface area contributed by atoms with Crippen LogP contribution >= 0.6 is 15.9 Å². The number of aryl methyl sites for hydroxylation is 1. The second-order valence-corrected chi connectivity index (χ2v) is 5.90. The van der Waals surface area contributed by atoms with Crippen molar-refractivity contribution in [3.05, 3.63) is 69.2 Å². The number of hydrogen-bond donors (Lipinski definition) is 1. The Morgan fingerprint density at radius 2 is 1.95 bits per heavy atom. The molecule has 2 aromatic rings. The van der Waals surface area contributed by atoms with Crippen molar-refractivity contribution in [2.45, 2.75) is 26.3 Å². The van der Waals surface area contributed by atoms with E-state index in [1.54, 1.807) is 31.2 Å². The molecule has 0 aromatic heterocycles. The van der Waals surface area contributed by atoms with Gasteiger partial charge in [-0.25, -0.2) is 8.78 Å². The van der Waals surface area contributed by atoms with E-state index >= 15 is 0 Å². The number of hydrogen-bond acceptors (Lipinski definition) is 1. The Balaban J connectivity index is 2.30. The number of rotatable bonds is 5. The van der Waals surface area contributed by atoms with Gasteiger partial charge in [-0.3, -0.25) is 0 Å². The lowest BCUT2D eigenvalue weighted by molar-refractivity contribution is 0.506. The predicted molar refractivity (Wildman–Crippen MR) is 85.4 cm³/mol. The Kier molecular flexibility index (Phi) is 5.48. The molecule has 1 N–H and O–H groups in total. The van der Waals surface area contributed by atoms with Gasteiger partial charge in [-0.2, -0.15) is 0 Å². The Morgan fingerprint density at radius 1 is 1.19 bits per heavy atom. The minimum atomic E-state index is -0.291. The van der Waals surface area contributed by atoms with Crippen LogP contribution in [0, 0.1) is 18.6 Å². The van der Waals surface area contributed by atoms with Crippen molar-refractivity contribution in [3.63, 3.8) is 0 Å². The lowest BCUT2D eigenvalue weighted by atomic mass is 9.97. The topological polar surface area (TPSA) is 12.0 Å². The normalized spacial score (nSPS) is 12.4. The van der Waals surface area contributed by atoms with Crippen LogP contribution in [0.3, 0.4) is 0 Å². The molecule has 0 fully saturated rings. The molecule has 0 bridgehead atoms. The summed E-state index contributed by atoms with van der Waals surface area (Å²) in [4.78, 5) is 0. The number of nitrogens with one attached hydrogen (secondary N) is 1. The first-order valence-electron chi connectivity index (χ1n) is 6.95. The summed E-state index contributed by atoms with van der Waals surface area (Å²) in [5.74, 6) is -0.467. The van der Waals surface area contributed by atoms with E-state index in [1.807, 2.05) is 13.0 Å². The van der Waals surface area contributed by atoms with Crippen LogP contribution in [0.4, 0.5) is 8.78 Å². The highest BCUT2D eigenvalue weighted by atomic mass is 79.9. The van der Waals surface area contributed by atoms with Crippen molar-refractivity contribution in [1.82, 2.24) is 5.32 Å². The fourth-order valence-electron chi connectivity index (χ4n) is 2.38. The maximum atomic E-state index is 14.3. The van der Waals surface area contributed by atoms with Crippen molar-refractivity contribution in [2.24, 2.45) is 0 Å². The van der Waals surface area contributed by atoms with Crippen LogP contribution in [0.25, 0.3) is 0 Å². The van der Waals surface area contributed by atoms with Crippen LogP contribution in [0.1, 0.15) is 29.7 Å². The van der Waals surface area contributed by atoms with Crippen molar-refractivity contribution in [2.75, 3.05) is 6.54 Å². The quantitative estimate of drug-likeness (QED) is 0.803. The third-order valence-electron chi connectivity index (χ3n) is 3.47. The van der Waals surface area contributed by atoms with Gasteiger partial charge in [-0.1, -0.05) is 31.2 Å². The summed E-state index contributed by atoms with van der Waals surface area (Å²) >= 11 is 3.19. The molecule has 1 atom stereocenters. The SMILES string of the molecule is CCNC(Cc1ccc(F)c(Br)c1)c1cccc(C)c1F. The summed E-state index contributed by atoms with van der Waals surface area (Å²) in [5, 5.41) is 3.30. The van der Waals surface area contributed by atoms with Crippen molar-refractivity contribution in [3.8, 4) is 0 Å². The standard InChI is InChI=1S/C17H18BrF2N/c1-3-21-16(13-6-4-5-11(2)17(13)20)10-12-7-8-15(19)14(18)9-12/h4-9,16,21H,3,10H2,1-2H3. The van der Waals surface area contributed by atoms with E-state index in [2.05, 4.69) is 21.2 Å². The summed E-state index contributed by atoms with van der Waals surface area (Å²) in [6, 6.07) is 10.2. The summed E-state index contributed by atoms with van der Waals surface area (Å²) in [6.07, 6.45) is 0.604. The predicted octanol–water partition coefficient (Wildman–Crippen LogP) is 4.93. The molecular formula is C17H18BrF2N. The van der Waals surface area contributed by atoms with E-state index in [0.717, 1.165) is 12.1 Å². The highest BCUT2D eigenvalue weighted by Gasteiger charge is 2.17. The first kappa shape index (κ1) is 16.1. The second kappa shape index (κ2) is 7.14. The van der Waals surface area contributed by atoms with Gasteiger partial charge in [0.1, 0.15) is 11.6 Å². The molecule has 0 heterocycles. The van der Waals surface area contributed by atoms with Gasteiger partial charge in [0.15, 0.2) is 0 Å². The molecule has 0 saturated heterocycles. The van der Waals surface area contributed by atoms with Crippen LogP contribution in [-0.4, -0.2) is 6.54 Å². The van der Waals surface area contributed by atoms with Gasteiger partial charge in [0.25, 0.3) is 0 Å². The van der Waals surface area contributed by atoms with Gasteiger partial charge in [0, 0.05) is 11.6 Å². The molecule has 1 unspecified atom stereocenters. The molecule has 0 aliphatic heterocycles. The highest BCUT2D eigenvalue weighted by molar-refractivity contribution is 9.10. The Morgan fingerprint density at radius 3 is 2.62 bits per heavy atom. The minimum absolute atomic E-state index is 0.132. The van der Waals surface area contributed by atoms with Gasteiger partial charge in [-0.05, 0) is 59.1 Å². The maximum Gasteiger partial charge on any atom is 0.137 e. The molecule has 2 rings (SSSR count). The van der Waals surface area contributed by atoms with Crippen molar-refractivity contribution in [1.29, 1.82) is 0 Å². The van der Waals surface area contributed by atoms with E-state index in [-0.39, 0.29) is 17.7 Å². The summed E-state index contributed by atoms with van der Waals surface area (Å²) in [6.45, 7) is 4.48. The maximum absolute atomic E-state index is 14.3. The average molecular weight is 354 g/mol. The average Bonchev–Trinajstić information content (AvgIpc) is 2.45. The van der Waals surface area contributed by atoms with E-state index in [9.17, 15) is 8.78 Å². The molecule has 0 saturated carbocycles. The highest BCUT2D eigenvalue weighted by Crippen LogP contribution is 2.25. The Labute approximate surface area is 132 Å². The molecule has 0 aliphatic rings. The molecule has 1 nitrogen and oxygen atoms in total. The van der Waals surface area contributed by atoms with Crippen LogP contribution < -0.4 is 5.32 Å². The van der Waals surface area contributed by atoms with Gasteiger partial charge < -0.3 is 5.32 Å². The molecule has 0 radical (unpaired) electrons. The van der Waals surface area contributed by atoms with Crippen molar-refractivity contribution < 1.29 is 8.78 Å². The van der Waals surface area contributed by atoms with Crippen LogP contribution in [0.5, 0.6) is 0 Å². The largest absolute Gasteiger partial charge is 0.310 e. The first-order chi connectivity index (χ1) is 10.0. The van der Waals surface area contributed by atoms with E-state index in [0.29, 0.717) is 22.0 Å². The molecule has 4 heteroatoms. The number of halogens is 3. The third-order valence-corrected chi connectivity index (χ3v) is 4.08. The summed E-state index contributed by atoms with van der Waals surface area (Å²) in [5.41, 5.74) is 2.24. The fraction of sp³-hybridized carbons (Fsp3) is 0.294. The fourth-order valence-corrected chi connectivity index (χ4v) is 2.81. The lowest BCUT2D eigenvalue weighted by Gasteiger charge is -2.20. The van der Waals surface area contributed by atoms with E-state index < -0.39 is 0 Å². The Hall–Kier alpha value is -1.26. The van der Waals surface area contributed by atoms with Crippen LogP contribution in [0.15, 0.2) is 40.9 Å².